The van der Waals surface area contributed by atoms with E-state index in [9.17, 15) is 0 Å². The summed E-state index contributed by atoms with van der Waals surface area (Å²) < 4.78 is 0. The van der Waals surface area contributed by atoms with Crippen LogP contribution in [0.25, 0.3) is 0 Å². The third-order valence-electron chi connectivity index (χ3n) is 2.68. The molecule has 1 unspecified atom stereocenters. The lowest BCUT2D eigenvalue weighted by molar-refractivity contribution is 0.235. The van der Waals surface area contributed by atoms with Crippen LogP contribution < -0.4 is 5.73 Å². The Bertz CT molecular complexity index is 121. The van der Waals surface area contributed by atoms with E-state index in [-0.39, 0.29) is 0 Å². The Morgan fingerprint density at radius 2 is 2.17 bits per heavy atom. The summed E-state index contributed by atoms with van der Waals surface area (Å²) in [6.45, 7) is 7.85. The topological polar surface area (TPSA) is 29.3 Å². The molecule has 0 aliphatic heterocycles. The maximum absolute atomic E-state index is 5.52. The van der Waals surface area contributed by atoms with Gasteiger partial charge in [0.2, 0.25) is 0 Å². The summed E-state index contributed by atoms with van der Waals surface area (Å²) in [4.78, 5) is 2.60. The zero-order chi connectivity index (χ0) is 8.97. The molecule has 1 rings (SSSR count). The molecule has 1 aliphatic carbocycles. The van der Waals surface area contributed by atoms with Gasteiger partial charge >= 0.3 is 0 Å². The van der Waals surface area contributed by atoms with Crippen LogP contribution in [-0.2, 0) is 0 Å². The minimum absolute atomic E-state index is 0.774. The number of nitrogens with two attached hydrogens (primary N) is 1. The van der Waals surface area contributed by atoms with Crippen LogP contribution in [0.1, 0.15) is 33.1 Å². The van der Waals surface area contributed by atoms with Crippen LogP contribution in [0.2, 0.25) is 0 Å². The SMILES string of the molecule is CCN(CC(C)CCN)C1CC1. The first-order chi connectivity index (χ1) is 5.77. The smallest absolute Gasteiger partial charge is 0.00964 e. The lowest BCUT2D eigenvalue weighted by Gasteiger charge is -2.23. The van der Waals surface area contributed by atoms with Gasteiger partial charge in [-0.2, -0.15) is 0 Å². The Morgan fingerprint density at radius 3 is 2.58 bits per heavy atom. The largest absolute Gasteiger partial charge is 0.330 e. The van der Waals surface area contributed by atoms with Crippen LogP contribution in [0.4, 0.5) is 0 Å². The first-order valence-corrected chi connectivity index (χ1v) is 5.22. The minimum Gasteiger partial charge on any atom is -0.330 e. The van der Waals surface area contributed by atoms with Gasteiger partial charge in [-0.15, -0.1) is 0 Å². The second-order valence-electron chi connectivity index (χ2n) is 4.00. The lowest BCUT2D eigenvalue weighted by Crippen LogP contribution is -2.31. The van der Waals surface area contributed by atoms with Crippen molar-refractivity contribution in [2.45, 2.75) is 39.2 Å². The first-order valence-electron chi connectivity index (χ1n) is 5.22. The van der Waals surface area contributed by atoms with Crippen LogP contribution in [-0.4, -0.2) is 30.6 Å². The molecule has 1 atom stereocenters. The van der Waals surface area contributed by atoms with E-state index < -0.39 is 0 Å². The van der Waals surface area contributed by atoms with Gasteiger partial charge in [-0.1, -0.05) is 13.8 Å². The van der Waals surface area contributed by atoms with Crippen LogP contribution in [0, 0.1) is 5.92 Å². The molecule has 0 heterocycles. The van der Waals surface area contributed by atoms with Crippen LogP contribution in [0.5, 0.6) is 0 Å². The number of rotatable bonds is 6. The van der Waals surface area contributed by atoms with Gasteiger partial charge in [-0.25, -0.2) is 0 Å². The molecule has 12 heavy (non-hydrogen) atoms. The third kappa shape index (κ3) is 3.11. The van der Waals surface area contributed by atoms with Crippen molar-refractivity contribution in [2.75, 3.05) is 19.6 Å². The summed E-state index contributed by atoms with van der Waals surface area (Å²) in [6.07, 6.45) is 4.01. The summed E-state index contributed by atoms with van der Waals surface area (Å²) in [5.41, 5.74) is 5.52. The van der Waals surface area contributed by atoms with E-state index >= 15 is 0 Å². The van der Waals surface area contributed by atoms with E-state index in [1.54, 1.807) is 0 Å². The van der Waals surface area contributed by atoms with Gasteiger partial charge in [-0.3, -0.25) is 0 Å². The van der Waals surface area contributed by atoms with E-state index in [4.69, 9.17) is 5.73 Å². The predicted molar refractivity (Wildman–Crippen MR) is 53.1 cm³/mol. The quantitative estimate of drug-likeness (QED) is 0.654. The lowest BCUT2D eigenvalue weighted by atomic mass is 10.1. The average molecular weight is 170 g/mol. The highest BCUT2D eigenvalue weighted by Crippen LogP contribution is 2.27. The Morgan fingerprint density at radius 1 is 1.50 bits per heavy atom. The molecular formula is C10H22N2. The van der Waals surface area contributed by atoms with Crippen molar-refractivity contribution in [3.63, 3.8) is 0 Å². The molecule has 0 aromatic carbocycles. The van der Waals surface area contributed by atoms with Crippen molar-refractivity contribution in [3.05, 3.63) is 0 Å². The highest BCUT2D eigenvalue weighted by molar-refractivity contribution is 4.84. The number of hydrogen-bond acceptors (Lipinski definition) is 2. The maximum Gasteiger partial charge on any atom is 0.00964 e. The van der Waals surface area contributed by atoms with Crippen molar-refractivity contribution in [1.82, 2.24) is 4.90 Å². The molecule has 1 aliphatic rings. The zero-order valence-corrected chi connectivity index (χ0v) is 8.42. The molecule has 0 saturated heterocycles. The van der Waals surface area contributed by atoms with Crippen molar-refractivity contribution in [2.24, 2.45) is 11.7 Å². The minimum atomic E-state index is 0.774. The number of hydrogen-bond donors (Lipinski definition) is 1. The van der Waals surface area contributed by atoms with Crippen molar-refractivity contribution in [3.8, 4) is 0 Å². The molecule has 0 radical (unpaired) electrons. The van der Waals surface area contributed by atoms with Crippen molar-refractivity contribution in [1.29, 1.82) is 0 Å². The monoisotopic (exact) mass is 170 g/mol. The highest BCUT2D eigenvalue weighted by atomic mass is 15.2. The van der Waals surface area contributed by atoms with Gasteiger partial charge in [0, 0.05) is 12.6 Å². The van der Waals surface area contributed by atoms with E-state index in [2.05, 4.69) is 18.7 Å². The molecule has 0 aromatic heterocycles. The van der Waals surface area contributed by atoms with E-state index in [1.165, 1.54) is 32.4 Å². The van der Waals surface area contributed by atoms with Crippen LogP contribution in [0.3, 0.4) is 0 Å². The summed E-state index contributed by atoms with van der Waals surface area (Å²) in [7, 11) is 0. The molecule has 2 N–H and O–H groups in total. The Kier molecular flexibility index (Phi) is 4.02. The van der Waals surface area contributed by atoms with Crippen LogP contribution in [0.15, 0.2) is 0 Å². The van der Waals surface area contributed by atoms with E-state index in [0.717, 1.165) is 18.5 Å². The third-order valence-corrected chi connectivity index (χ3v) is 2.68. The fraction of sp³-hybridized carbons (Fsp3) is 1.00. The Balaban J connectivity index is 2.16. The molecular weight excluding hydrogens is 148 g/mol. The second kappa shape index (κ2) is 4.83. The number of nitrogens with zero attached hydrogens (tertiary/aromatic N) is 1. The molecule has 2 nitrogen and oxygen atoms in total. The van der Waals surface area contributed by atoms with Gasteiger partial charge in [0.15, 0.2) is 0 Å². The molecule has 0 aromatic rings. The molecule has 1 saturated carbocycles. The zero-order valence-electron chi connectivity index (χ0n) is 8.42. The molecule has 1 fully saturated rings. The van der Waals surface area contributed by atoms with E-state index in [1.807, 2.05) is 0 Å². The fourth-order valence-corrected chi connectivity index (χ4v) is 1.75. The van der Waals surface area contributed by atoms with E-state index in [0.29, 0.717) is 0 Å². The second-order valence-corrected chi connectivity index (χ2v) is 4.00. The molecule has 0 spiro atoms. The summed E-state index contributed by atoms with van der Waals surface area (Å²) in [6, 6.07) is 0.912. The van der Waals surface area contributed by atoms with Gasteiger partial charge in [0.25, 0.3) is 0 Å². The normalized spacial score (nSPS) is 20.0. The summed E-state index contributed by atoms with van der Waals surface area (Å²) in [5.74, 6) is 0.774. The molecule has 0 bridgehead atoms. The maximum atomic E-state index is 5.52. The van der Waals surface area contributed by atoms with Gasteiger partial charge in [0.05, 0.1) is 0 Å². The Hall–Kier alpha value is -0.0800. The van der Waals surface area contributed by atoms with Gasteiger partial charge in [0.1, 0.15) is 0 Å². The summed E-state index contributed by atoms with van der Waals surface area (Å²) >= 11 is 0. The predicted octanol–water partition coefficient (Wildman–Crippen LogP) is 1.46. The average Bonchev–Trinajstić information content (AvgIpc) is 2.83. The molecule has 2 heteroatoms. The summed E-state index contributed by atoms with van der Waals surface area (Å²) in [5, 5.41) is 0. The van der Waals surface area contributed by atoms with Gasteiger partial charge < -0.3 is 10.6 Å². The van der Waals surface area contributed by atoms with Crippen LogP contribution >= 0.6 is 0 Å². The van der Waals surface area contributed by atoms with Crippen molar-refractivity contribution >= 4 is 0 Å². The standard InChI is InChI=1S/C10H22N2/c1-3-12(10-4-5-10)8-9(2)6-7-11/h9-10H,3-8,11H2,1-2H3. The first kappa shape index (κ1) is 10.0. The molecule has 72 valence electrons. The van der Waals surface area contributed by atoms with Crippen molar-refractivity contribution < 1.29 is 0 Å². The highest BCUT2D eigenvalue weighted by Gasteiger charge is 2.28. The fourth-order valence-electron chi connectivity index (χ4n) is 1.75. The van der Waals surface area contributed by atoms with Gasteiger partial charge in [-0.05, 0) is 38.3 Å². The Labute approximate surface area is 76.1 Å². The molecule has 0 amide bonds.